The average Bonchev–Trinajstić information content (AvgIpc) is 1.56. The number of hydrogen-bond donors (Lipinski definition) is 0. The van der Waals surface area contributed by atoms with Gasteiger partial charge in [-0.1, -0.05) is 75.3 Å². The maximum atomic E-state index is 11.8. The highest BCUT2D eigenvalue weighted by molar-refractivity contribution is 8.09. The van der Waals surface area contributed by atoms with Crippen LogP contribution in [0.4, 0.5) is 11.4 Å². The number of anilines is 1. The van der Waals surface area contributed by atoms with E-state index in [1.165, 1.54) is 53.2 Å². The number of hydrogen-bond acceptors (Lipinski definition) is 15. The quantitative estimate of drug-likeness (QED) is 0.00767. The highest BCUT2D eigenvalue weighted by Gasteiger charge is 2.42. The van der Waals surface area contributed by atoms with E-state index in [2.05, 4.69) is 115 Å². The first-order chi connectivity index (χ1) is 45.7. The number of ether oxygens (including phenoxy) is 7. The predicted molar refractivity (Wildman–Crippen MR) is 374 cm³/mol. The van der Waals surface area contributed by atoms with Gasteiger partial charge < -0.3 is 47.1 Å². The Morgan fingerprint density at radius 2 is 1.06 bits per heavy atom. The smallest absolute Gasteiger partial charge is 0.410 e. The number of nitrogens with zero attached hydrogens (tertiary/aromatic N) is 4. The standard InChI is InChI=1S/C76H79N4O12PS/c1-9-12-43-76(44-13-10-2)71-49-58(25-41-69(71)70-42-26-59(50-72(70)76)18-16-57-21-29-63(84-6)30-22-57)17-15-56-19-27-62(28-20-56)79(11-3)45-48-88-66-35-39-68(40-36-66)92-93(94,78(5)77-53-60-23-31-64(85-7)32-24-60)91-67-37-33-65(34-38-67)87-46-14-47-89-75-52-73(80(82)83)61(51-74(75)86-8)54-90-55(4)81/h19-42,49-53H,9-14,43-48,54H2,1-8H3/b77-53-. The van der Waals surface area contributed by atoms with Gasteiger partial charge in [-0.2, -0.15) is 5.10 Å². The average molecular weight is 1300 g/mol. The van der Waals surface area contributed by atoms with Gasteiger partial charge in [-0.25, -0.2) is 4.78 Å². The lowest BCUT2D eigenvalue weighted by Gasteiger charge is -2.33. The van der Waals surface area contributed by atoms with Crippen LogP contribution in [0.1, 0.15) is 117 Å². The van der Waals surface area contributed by atoms with Gasteiger partial charge in [0.15, 0.2) is 11.5 Å². The lowest BCUT2D eigenvalue weighted by Crippen LogP contribution is -2.28. The van der Waals surface area contributed by atoms with Gasteiger partial charge in [0.25, 0.3) is 5.69 Å². The van der Waals surface area contributed by atoms with Crippen molar-refractivity contribution in [3.05, 3.63) is 224 Å². The van der Waals surface area contributed by atoms with Crippen LogP contribution in [0.3, 0.4) is 0 Å². The lowest BCUT2D eigenvalue weighted by atomic mass is 9.70. The van der Waals surface area contributed by atoms with E-state index in [0.29, 0.717) is 42.6 Å². The molecule has 18 heteroatoms. The molecule has 1 aliphatic rings. The minimum atomic E-state index is -3.41. The summed E-state index contributed by atoms with van der Waals surface area (Å²) >= 11 is 6.20. The number of fused-ring (bicyclic) bond motifs is 3. The van der Waals surface area contributed by atoms with Crippen molar-refractivity contribution < 1.29 is 51.9 Å². The Balaban J connectivity index is 0.809. The number of likely N-dealkylation sites (N-methyl/N-ethyl adjacent to an activating group) is 1. The summed E-state index contributed by atoms with van der Waals surface area (Å²) in [7, 11) is 6.42. The Morgan fingerprint density at radius 1 is 0.585 bits per heavy atom. The van der Waals surface area contributed by atoms with E-state index in [9.17, 15) is 14.9 Å². The van der Waals surface area contributed by atoms with E-state index in [0.717, 1.165) is 90.1 Å². The predicted octanol–water partition coefficient (Wildman–Crippen LogP) is 16.5. The molecule has 8 aromatic rings. The fourth-order valence-electron chi connectivity index (χ4n) is 11.0. The largest absolute Gasteiger partial charge is 0.497 e. The summed E-state index contributed by atoms with van der Waals surface area (Å²) in [4.78, 5) is 24.9. The van der Waals surface area contributed by atoms with Crippen LogP contribution in [0.15, 0.2) is 175 Å². The Bertz CT molecular complexity index is 4080. The molecule has 1 unspecified atom stereocenters. The second-order valence-electron chi connectivity index (χ2n) is 22.3. The molecule has 0 amide bonds. The van der Waals surface area contributed by atoms with Crippen LogP contribution in [0, 0.1) is 33.8 Å². The van der Waals surface area contributed by atoms with Gasteiger partial charge in [-0.05, 0) is 199 Å². The van der Waals surface area contributed by atoms with Crippen LogP contribution in [-0.2, 0) is 33.4 Å². The van der Waals surface area contributed by atoms with Gasteiger partial charge in [-0.15, -0.1) is 0 Å². The summed E-state index contributed by atoms with van der Waals surface area (Å²) in [6.45, 7) is 6.53. The Morgan fingerprint density at radius 3 is 1.56 bits per heavy atom. The molecule has 0 saturated heterocycles. The molecule has 0 spiro atoms. The van der Waals surface area contributed by atoms with Crippen molar-refractivity contribution in [3.63, 3.8) is 0 Å². The second kappa shape index (κ2) is 33.1. The SMILES string of the molecule is CCCCC1(CCCC)c2cc(C#Cc3ccc(OC)cc3)ccc2-c2ccc(C#Cc3ccc(N(CC)CCOc4ccc(OP(=S)(Oc5ccc(OCCCOc6cc([N+](=O)[O-])c(COC(C)=O)cc6OC)cc5)N(C)/N=C\c5ccc(OC)cc5)cc4)cc3)cc21. The van der Waals surface area contributed by atoms with Crippen molar-refractivity contribution in [1.82, 2.24) is 4.78 Å². The molecule has 94 heavy (non-hydrogen) atoms. The maximum absolute atomic E-state index is 11.8. The highest BCUT2D eigenvalue weighted by atomic mass is 32.5. The summed E-state index contributed by atoms with van der Waals surface area (Å²) in [6, 6.07) is 54.3. The van der Waals surface area contributed by atoms with Gasteiger partial charge in [0.2, 0.25) is 0 Å². The van der Waals surface area contributed by atoms with Gasteiger partial charge in [0, 0.05) is 72.1 Å². The first kappa shape index (κ1) is 68.4. The first-order valence-corrected chi connectivity index (χ1v) is 34.1. The molecule has 0 aliphatic heterocycles. The van der Waals surface area contributed by atoms with Crippen LogP contribution in [-0.4, -0.2) is 83.2 Å². The van der Waals surface area contributed by atoms with Crippen molar-refractivity contribution in [2.45, 2.75) is 84.7 Å². The molecule has 8 aromatic carbocycles. The molecule has 16 nitrogen and oxygen atoms in total. The third-order valence-corrected chi connectivity index (χ3v) is 18.9. The molecule has 1 aliphatic carbocycles. The molecular weight excluding hydrogens is 1220 g/mol. The molecule has 0 aromatic heterocycles. The van der Waals surface area contributed by atoms with Crippen LogP contribution < -0.4 is 42.4 Å². The van der Waals surface area contributed by atoms with Crippen LogP contribution in [0.2, 0.25) is 0 Å². The Labute approximate surface area is 557 Å². The van der Waals surface area contributed by atoms with E-state index in [-0.39, 0.29) is 48.0 Å². The molecule has 486 valence electrons. The maximum Gasteiger partial charge on any atom is 0.410 e. The number of unbranched alkanes of at least 4 members (excludes halogenated alkanes) is 2. The molecule has 0 radical (unpaired) electrons. The van der Waals surface area contributed by atoms with Crippen molar-refractivity contribution in [1.29, 1.82) is 0 Å². The van der Waals surface area contributed by atoms with Crippen LogP contribution >= 0.6 is 6.64 Å². The minimum absolute atomic E-state index is 0.109. The molecule has 9 rings (SSSR count). The van der Waals surface area contributed by atoms with Crippen molar-refractivity contribution in [2.24, 2.45) is 5.10 Å². The second-order valence-corrected chi connectivity index (χ2v) is 25.6. The summed E-state index contributed by atoms with van der Waals surface area (Å²) in [5.41, 5.74) is 11.0. The van der Waals surface area contributed by atoms with Gasteiger partial charge in [0.1, 0.15) is 47.7 Å². The fourth-order valence-corrected chi connectivity index (χ4v) is 12.9. The number of esters is 1. The van der Waals surface area contributed by atoms with Crippen molar-refractivity contribution in [2.75, 3.05) is 66.2 Å². The molecule has 0 bridgehead atoms. The number of benzene rings is 8. The number of nitro groups is 1. The van der Waals surface area contributed by atoms with Crippen molar-refractivity contribution >= 4 is 42.0 Å². The molecular formula is C76H79N4O12PS. The van der Waals surface area contributed by atoms with E-state index in [4.69, 9.17) is 54.0 Å². The first-order valence-electron chi connectivity index (χ1n) is 31.5. The van der Waals surface area contributed by atoms with Gasteiger partial charge in [-0.3, -0.25) is 14.9 Å². The number of carbonyl (C=O) groups excluding carboxylic acids is 1. The van der Waals surface area contributed by atoms with Crippen molar-refractivity contribution in [3.8, 4) is 80.8 Å². The zero-order valence-corrected chi connectivity index (χ0v) is 56.2. The Hall–Kier alpha value is -9.93. The number of rotatable bonds is 31. The summed E-state index contributed by atoms with van der Waals surface area (Å²) in [5.74, 6) is 17.4. The monoisotopic (exact) mass is 1300 g/mol. The zero-order valence-electron chi connectivity index (χ0n) is 54.5. The van der Waals surface area contributed by atoms with E-state index >= 15 is 0 Å². The summed E-state index contributed by atoms with van der Waals surface area (Å²) in [5, 5.41) is 16.5. The lowest BCUT2D eigenvalue weighted by molar-refractivity contribution is -0.385. The van der Waals surface area contributed by atoms with Crippen LogP contribution in [0.5, 0.6) is 46.0 Å². The number of hydrazone groups is 1. The third kappa shape index (κ3) is 17.8. The molecule has 0 fully saturated rings. The van der Waals surface area contributed by atoms with E-state index in [1.54, 1.807) is 63.9 Å². The fraction of sp³-hybridized carbons (Fsp3) is 0.289. The number of carbonyl (C=O) groups is 1. The van der Waals surface area contributed by atoms with Crippen LogP contribution in [0.25, 0.3) is 11.1 Å². The minimum Gasteiger partial charge on any atom is -0.497 e. The van der Waals surface area contributed by atoms with Gasteiger partial charge in [0.05, 0.1) is 63.9 Å². The summed E-state index contributed by atoms with van der Waals surface area (Å²) < 4.78 is 53.8. The molecule has 0 N–H and O–H groups in total. The number of nitro benzene ring substituents is 1. The zero-order chi connectivity index (χ0) is 66.5. The molecule has 1 atom stereocenters. The molecule has 0 heterocycles. The van der Waals surface area contributed by atoms with Gasteiger partial charge >= 0.3 is 12.6 Å². The Kier molecular flexibility index (Phi) is 24.1. The highest BCUT2D eigenvalue weighted by Crippen LogP contribution is 2.55. The topological polar surface area (TPSA) is 162 Å². The van der Waals surface area contributed by atoms with E-state index < -0.39 is 17.5 Å². The van der Waals surface area contributed by atoms with E-state index in [1.807, 2.05) is 60.7 Å². The summed E-state index contributed by atoms with van der Waals surface area (Å²) in [6.07, 6.45) is 8.77. The third-order valence-electron chi connectivity index (χ3n) is 16.1. The molecule has 0 saturated carbocycles. The normalized spacial score (nSPS) is 12.3. The number of methoxy groups -OCH3 is 3.